The third-order valence-corrected chi connectivity index (χ3v) is 1.76. The van der Waals surface area contributed by atoms with E-state index >= 15 is 0 Å². The molecule has 0 aliphatic rings. The Morgan fingerprint density at radius 2 is 2.31 bits per heavy atom. The van der Waals surface area contributed by atoms with Crippen LogP contribution in [0, 0.1) is 0 Å². The molecule has 4 heteroatoms. The summed E-state index contributed by atoms with van der Waals surface area (Å²) in [4.78, 5) is 11.2. The lowest BCUT2D eigenvalue weighted by Crippen LogP contribution is -2.22. The Bertz CT molecular complexity index is 311. The number of benzene rings is 1. The van der Waals surface area contributed by atoms with Crippen molar-refractivity contribution in [2.24, 2.45) is 0 Å². The highest BCUT2D eigenvalue weighted by Crippen LogP contribution is 2.16. The summed E-state index contributed by atoms with van der Waals surface area (Å²) in [7, 11) is 0. The molecule has 0 spiro atoms. The average molecular weight is 198 g/mol. The molecular formula is C9H10O3S. The fourth-order valence-electron chi connectivity index (χ4n) is 0.811. The minimum absolute atomic E-state index is 0.516. The van der Waals surface area contributed by atoms with Crippen LogP contribution in [0.2, 0.25) is 0 Å². The minimum Gasteiger partial charge on any atom is -0.479 e. The summed E-state index contributed by atoms with van der Waals surface area (Å²) < 4.78 is 5.11. The van der Waals surface area contributed by atoms with E-state index in [2.05, 4.69) is 12.6 Å². The number of ether oxygens (including phenoxy) is 1. The zero-order valence-corrected chi connectivity index (χ0v) is 7.99. The predicted molar refractivity (Wildman–Crippen MR) is 51.4 cm³/mol. The zero-order valence-electron chi connectivity index (χ0n) is 7.10. The first-order valence-electron chi connectivity index (χ1n) is 3.78. The first-order chi connectivity index (χ1) is 6.09. The van der Waals surface area contributed by atoms with E-state index in [1.165, 1.54) is 6.92 Å². The molecule has 0 radical (unpaired) electrons. The van der Waals surface area contributed by atoms with Crippen LogP contribution in [-0.2, 0) is 4.79 Å². The summed E-state index contributed by atoms with van der Waals surface area (Å²) in [5.41, 5.74) is 0. The van der Waals surface area contributed by atoms with Crippen molar-refractivity contribution in [2.75, 3.05) is 0 Å². The standard InChI is InChI=1S/C9H10O3S/c1-6(9(10)11)12-7-3-2-4-8(13)5-7/h2-6,13H,1H3,(H,10,11). The molecule has 0 amide bonds. The number of carboxylic acid groups (broad SMARTS) is 1. The van der Waals surface area contributed by atoms with E-state index in [0.29, 0.717) is 5.75 Å². The van der Waals surface area contributed by atoms with Gasteiger partial charge >= 0.3 is 5.97 Å². The fraction of sp³-hybridized carbons (Fsp3) is 0.222. The van der Waals surface area contributed by atoms with Gasteiger partial charge in [0, 0.05) is 4.90 Å². The van der Waals surface area contributed by atoms with Crippen LogP contribution in [0.15, 0.2) is 29.2 Å². The van der Waals surface area contributed by atoms with Gasteiger partial charge in [-0.3, -0.25) is 0 Å². The van der Waals surface area contributed by atoms with Gasteiger partial charge in [-0.15, -0.1) is 12.6 Å². The van der Waals surface area contributed by atoms with Crippen molar-refractivity contribution in [3.05, 3.63) is 24.3 Å². The molecule has 1 aromatic rings. The summed E-state index contributed by atoms with van der Waals surface area (Å²) in [6.45, 7) is 1.48. The van der Waals surface area contributed by atoms with Crippen molar-refractivity contribution in [1.82, 2.24) is 0 Å². The Balaban J connectivity index is 2.69. The number of rotatable bonds is 3. The Kier molecular flexibility index (Phi) is 3.19. The van der Waals surface area contributed by atoms with E-state index in [9.17, 15) is 4.79 Å². The Hall–Kier alpha value is -1.16. The number of aliphatic carboxylic acids is 1. The van der Waals surface area contributed by atoms with Crippen LogP contribution in [0.5, 0.6) is 5.75 Å². The molecule has 3 nitrogen and oxygen atoms in total. The van der Waals surface area contributed by atoms with E-state index in [-0.39, 0.29) is 0 Å². The quantitative estimate of drug-likeness (QED) is 0.728. The summed E-state index contributed by atoms with van der Waals surface area (Å²) in [6, 6.07) is 6.91. The van der Waals surface area contributed by atoms with Crippen LogP contribution < -0.4 is 4.74 Å². The second kappa shape index (κ2) is 4.18. The van der Waals surface area contributed by atoms with Crippen molar-refractivity contribution in [3.63, 3.8) is 0 Å². The normalized spacial score (nSPS) is 12.2. The van der Waals surface area contributed by atoms with Crippen LogP contribution in [0.25, 0.3) is 0 Å². The van der Waals surface area contributed by atoms with Gasteiger partial charge in [0.25, 0.3) is 0 Å². The molecule has 13 heavy (non-hydrogen) atoms. The van der Waals surface area contributed by atoms with Crippen molar-refractivity contribution in [3.8, 4) is 5.75 Å². The molecule has 1 rings (SSSR count). The first-order valence-corrected chi connectivity index (χ1v) is 4.23. The highest BCUT2D eigenvalue weighted by atomic mass is 32.1. The van der Waals surface area contributed by atoms with Gasteiger partial charge in [-0.05, 0) is 25.1 Å². The van der Waals surface area contributed by atoms with Crippen molar-refractivity contribution in [2.45, 2.75) is 17.9 Å². The number of hydrogen-bond donors (Lipinski definition) is 2. The molecule has 0 bridgehead atoms. The van der Waals surface area contributed by atoms with Crippen LogP contribution in [0.1, 0.15) is 6.92 Å². The average Bonchev–Trinajstić information content (AvgIpc) is 2.04. The molecule has 0 heterocycles. The molecule has 1 N–H and O–H groups in total. The topological polar surface area (TPSA) is 46.5 Å². The molecular weight excluding hydrogens is 188 g/mol. The second-order valence-corrected chi connectivity index (χ2v) is 3.11. The minimum atomic E-state index is -0.982. The van der Waals surface area contributed by atoms with Crippen LogP contribution in [0.4, 0.5) is 0 Å². The van der Waals surface area contributed by atoms with Crippen LogP contribution in [0.3, 0.4) is 0 Å². The summed E-state index contributed by atoms with van der Waals surface area (Å²) >= 11 is 4.10. The van der Waals surface area contributed by atoms with E-state index in [1.807, 2.05) is 0 Å². The van der Waals surface area contributed by atoms with Gasteiger partial charge in [0.1, 0.15) is 5.75 Å². The largest absolute Gasteiger partial charge is 0.479 e. The van der Waals surface area contributed by atoms with E-state index in [0.717, 1.165) is 4.90 Å². The van der Waals surface area contributed by atoms with E-state index in [1.54, 1.807) is 24.3 Å². The zero-order chi connectivity index (χ0) is 9.84. The SMILES string of the molecule is CC(Oc1cccc(S)c1)C(=O)O. The summed E-state index contributed by atoms with van der Waals surface area (Å²) in [6.07, 6.45) is -0.838. The molecule has 1 unspecified atom stereocenters. The molecule has 0 aliphatic carbocycles. The molecule has 0 saturated carbocycles. The highest BCUT2D eigenvalue weighted by Gasteiger charge is 2.11. The smallest absolute Gasteiger partial charge is 0.344 e. The van der Waals surface area contributed by atoms with Crippen molar-refractivity contribution >= 4 is 18.6 Å². The lowest BCUT2D eigenvalue weighted by molar-refractivity contribution is -0.144. The summed E-state index contributed by atoms with van der Waals surface area (Å²) in [5.74, 6) is -0.466. The van der Waals surface area contributed by atoms with Crippen LogP contribution in [-0.4, -0.2) is 17.2 Å². The van der Waals surface area contributed by atoms with Gasteiger partial charge in [-0.25, -0.2) is 4.79 Å². The molecule has 0 aromatic heterocycles. The second-order valence-electron chi connectivity index (χ2n) is 2.60. The van der Waals surface area contributed by atoms with Crippen molar-refractivity contribution in [1.29, 1.82) is 0 Å². The fourth-order valence-corrected chi connectivity index (χ4v) is 1.02. The third-order valence-electron chi connectivity index (χ3n) is 1.48. The number of carbonyl (C=O) groups is 1. The van der Waals surface area contributed by atoms with Gasteiger partial charge in [-0.2, -0.15) is 0 Å². The molecule has 0 saturated heterocycles. The first kappa shape index (κ1) is 9.92. The Labute approximate surface area is 81.8 Å². The van der Waals surface area contributed by atoms with Gasteiger partial charge in [0.15, 0.2) is 6.10 Å². The monoisotopic (exact) mass is 198 g/mol. The van der Waals surface area contributed by atoms with Gasteiger partial charge in [-0.1, -0.05) is 6.07 Å². The maximum Gasteiger partial charge on any atom is 0.344 e. The number of carboxylic acids is 1. The molecule has 0 fully saturated rings. The molecule has 1 aromatic carbocycles. The van der Waals surface area contributed by atoms with Gasteiger partial charge < -0.3 is 9.84 Å². The predicted octanol–water partition coefficient (Wildman–Crippen LogP) is 1.83. The number of hydrogen-bond acceptors (Lipinski definition) is 3. The summed E-state index contributed by atoms with van der Waals surface area (Å²) in [5, 5.41) is 8.57. The Morgan fingerprint density at radius 1 is 1.62 bits per heavy atom. The lowest BCUT2D eigenvalue weighted by atomic mass is 10.3. The van der Waals surface area contributed by atoms with E-state index in [4.69, 9.17) is 9.84 Å². The lowest BCUT2D eigenvalue weighted by Gasteiger charge is -2.09. The highest BCUT2D eigenvalue weighted by molar-refractivity contribution is 7.80. The number of thiol groups is 1. The van der Waals surface area contributed by atoms with Gasteiger partial charge in [0.05, 0.1) is 0 Å². The van der Waals surface area contributed by atoms with E-state index < -0.39 is 12.1 Å². The van der Waals surface area contributed by atoms with Crippen molar-refractivity contribution < 1.29 is 14.6 Å². The van der Waals surface area contributed by atoms with Crippen LogP contribution >= 0.6 is 12.6 Å². The molecule has 1 atom stereocenters. The maximum atomic E-state index is 10.4. The molecule has 0 aliphatic heterocycles. The maximum absolute atomic E-state index is 10.4. The molecule has 70 valence electrons. The Morgan fingerprint density at radius 3 is 2.85 bits per heavy atom. The van der Waals surface area contributed by atoms with Gasteiger partial charge in [0.2, 0.25) is 0 Å². The third kappa shape index (κ3) is 2.99.